The Morgan fingerprint density at radius 2 is 2.22 bits per heavy atom. The second kappa shape index (κ2) is 7.21. The largest absolute Gasteiger partial charge is 0.283 e. The third kappa shape index (κ3) is 4.37. The summed E-state index contributed by atoms with van der Waals surface area (Å²) >= 11 is 0. The molecule has 0 heterocycles. The normalized spacial score (nSPS) is 27.1. The lowest BCUT2D eigenvalue weighted by molar-refractivity contribution is 0.359. The van der Waals surface area contributed by atoms with Crippen molar-refractivity contribution in [1.29, 1.82) is 10.7 Å². The summed E-state index contributed by atoms with van der Waals surface area (Å²) in [7, 11) is 0. The number of hydrogen-bond acceptors (Lipinski definition) is 2. The summed E-state index contributed by atoms with van der Waals surface area (Å²) < 4.78 is 14.5. The van der Waals surface area contributed by atoms with E-state index >= 15 is 0 Å². The average molecular weight is 315 g/mol. The standard InChI is InChI=1S/C19H26FN3/c1-11-7-16(10-21)17(8-11)12(2)9-18(20)14(4)23-19(22)13(3)15-5-6-15/h8,11-12,15-16,18,22H,3,5-7,9H2,1-2,4H3. The Bertz CT molecular complexity index is 592. The molecule has 1 saturated carbocycles. The molecule has 0 spiro atoms. The van der Waals surface area contributed by atoms with Gasteiger partial charge in [-0.25, -0.2) is 9.38 Å². The molecule has 4 unspecified atom stereocenters. The molecule has 3 nitrogen and oxygen atoms in total. The molecular formula is C19H26FN3. The summed E-state index contributed by atoms with van der Waals surface area (Å²) in [5.41, 5.74) is 2.12. The van der Waals surface area contributed by atoms with Crippen molar-refractivity contribution >= 4 is 11.5 Å². The van der Waals surface area contributed by atoms with Crippen molar-refractivity contribution in [3.05, 3.63) is 23.8 Å². The minimum Gasteiger partial charge on any atom is -0.283 e. The van der Waals surface area contributed by atoms with Gasteiger partial charge in [0.25, 0.3) is 0 Å². The topological polar surface area (TPSA) is 60.0 Å². The molecule has 0 aromatic rings. The number of amidine groups is 1. The van der Waals surface area contributed by atoms with Crippen molar-refractivity contribution in [2.75, 3.05) is 0 Å². The van der Waals surface area contributed by atoms with E-state index < -0.39 is 6.17 Å². The van der Waals surface area contributed by atoms with Gasteiger partial charge in [-0.3, -0.25) is 5.41 Å². The van der Waals surface area contributed by atoms with Crippen molar-refractivity contribution in [3.8, 4) is 6.07 Å². The zero-order valence-corrected chi connectivity index (χ0v) is 14.3. The van der Waals surface area contributed by atoms with E-state index in [1.807, 2.05) is 6.92 Å². The van der Waals surface area contributed by atoms with E-state index in [0.717, 1.165) is 30.4 Å². The van der Waals surface area contributed by atoms with Gasteiger partial charge in [0.1, 0.15) is 12.0 Å². The molecule has 23 heavy (non-hydrogen) atoms. The first-order valence-corrected chi connectivity index (χ1v) is 8.41. The van der Waals surface area contributed by atoms with E-state index in [1.54, 1.807) is 6.92 Å². The first kappa shape index (κ1) is 17.6. The summed E-state index contributed by atoms with van der Waals surface area (Å²) in [5, 5.41) is 17.2. The quantitative estimate of drug-likeness (QED) is 0.424. The van der Waals surface area contributed by atoms with Gasteiger partial charge in [0, 0.05) is 0 Å². The zero-order chi connectivity index (χ0) is 17.1. The summed E-state index contributed by atoms with van der Waals surface area (Å²) in [5.74, 6) is 0.810. The van der Waals surface area contributed by atoms with Crippen LogP contribution in [0.1, 0.15) is 46.5 Å². The number of nitriles is 1. The van der Waals surface area contributed by atoms with Gasteiger partial charge in [-0.2, -0.15) is 5.26 Å². The fourth-order valence-electron chi connectivity index (χ4n) is 3.22. The molecule has 0 amide bonds. The number of hydrogen-bond donors (Lipinski definition) is 1. The van der Waals surface area contributed by atoms with Crippen molar-refractivity contribution in [3.63, 3.8) is 0 Å². The molecule has 4 heteroatoms. The number of nitrogens with one attached hydrogen (secondary N) is 1. The van der Waals surface area contributed by atoms with Crippen LogP contribution in [0.2, 0.25) is 0 Å². The number of nitrogens with zero attached hydrogens (tertiary/aromatic N) is 2. The maximum Gasteiger partial charge on any atom is 0.147 e. The van der Waals surface area contributed by atoms with E-state index in [0.29, 0.717) is 24.0 Å². The van der Waals surface area contributed by atoms with Gasteiger partial charge in [0.2, 0.25) is 0 Å². The summed E-state index contributed by atoms with van der Waals surface area (Å²) in [6.45, 7) is 9.59. The molecule has 0 radical (unpaired) electrons. The van der Waals surface area contributed by atoms with Crippen LogP contribution in [-0.2, 0) is 0 Å². The van der Waals surface area contributed by atoms with Gasteiger partial charge < -0.3 is 0 Å². The average Bonchev–Trinajstić information content (AvgIpc) is 3.28. The molecule has 2 aliphatic carbocycles. The van der Waals surface area contributed by atoms with E-state index in [-0.39, 0.29) is 17.7 Å². The zero-order valence-electron chi connectivity index (χ0n) is 14.3. The van der Waals surface area contributed by atoms with Gasteiger partial charge in [0.05, 0.1) is 17.7 Å². The van der Waals surface area contributed by atoms with E-state index in [2.05, 4.69) is 30.6 Å². The molecule has 124 valence electrons. The molecule has 0 aromatic heterocycles. The Morgan fingerprint density at radius 1 is 1.57 bits per heavy atom. The fourth-order valence-corrected chi connectivity index (χ4v) is 3.22. The maximum absolute atomic E-state index is 14.5. The SMILES string of the molecule is C=C(C(=N)N=C(C)C(F)CC(C)C1=CC(C)CC1C#N)C1CC1. The molecule has 1 fully saturated rings. The van der Waals surface area contributed by atoms with E-state index in [1.165, 1.54) is 0 Å². The molecule has 4 atom stereocenters. The van der Waals surface area contributed by atoms with Crippen molar-refractivity contribution in [1.82, 2.24) is 0 Å². The molecular weight excluding hydrogens is 289 g/mol. The molecule has 2 rings (SSSR count). The second-order valence-corrected chi connectivity index (χ2v) is 7.07. The van der Waals surface area contributed by atoms with Crippen molar-refractivity contribution in [2.45, 2.75) is 52.6 Å². The summed E-state index contributed by atoms with van der Waals surface area (Å²) in [6, 6.07) is 2.33. The predicted octanol–water partition coefficient (Wildman–Crippen LogP) is 4.86. The highest BCUT2D eigenvalue weighted by Gasteiger charge is 2.30. The van der Waals surface area contributed by atoms with E-state index in [4.69, 9.17) is 5.41 Å². The molecule has 0 saturated heterocycles. The Balaban J connectivity index is 1.96. The van der Waals surface area contributed by atoms with Crippen LogP contribution in [0, 0.1) is 40.4 Å². The van der Waals surface area contributed by atoms with Crippen LogP contribution in [0.15, 0.2) is 28.8 Å². The third-order valence-corrected chi connectivity index (χ3v) is 4.89. The highest BCUT2D eigenvalue weighted by Crippen LogP contribution is 2.37. The molecule has 2 aliphatic rings. The smallest absolute Gasteiger partial charge is 0.147 e. The van der Waals surface area contributed by atoms with Crippen LogP contribution < -0.4 is 0 Å². The van der Waals surface area contributed by atoms with Gasteiger partial charge in [-0.15, -0.1) is 0 Å². The monoisotopic (exact) mass is 315 g/mol. The van der Waals surface area contributed by atoms with Gasteiger partial charge >= 0.3 is 0 Å². The summed E-state index contributed by atoms with van der Waals surface area (Å²) in [6.07, 6.45) is 4.21. The first-order valence-electron chi connectivity index (χ1n) is 8.41. The number of aliphatic imine (C=N–C) groups is 1. The summed E-state index contributed by atoms with van der Waals surface area (Å²) in [4.78, 5) is 4.11. The van der Waals surface area contributed by atoms with E-state index in [9.17, 15) is 9.65 Å². The third-order valence-electron chi connectivity index (χ3n) is 4.89. The van der Waals surface area contributed by atoms with Gasteiger partial charge in [0.15, 0.2) is 0 Å². The van der Waals surface area contributed by atoms with Crippen LogP contribution in [0.25, 0.3) is 0 Å². The van der Waals surface area contributed by atoms with Gasteiger partial charge in [-0.05, 0) is 55.9 Å². The van der Waals surface area contributed by atoms with Crippen LogP contribution in [0.3, 0.4) is 0 Å². The minimum atomic E-state index is -1.19. The molecule has 1 N–H and O–H groups in total. The number of rotatable bonds is 6. The minimum absolute atomic E-state index is 0.0190. The van der Waals surface area contributed by atoms with Gasteiger partial charge in [-0.1, -0.05) is 32.1 Å². The lowest BCUT2D eigenvalue weighted by atomic mass is 9.88. The van der Waals surface area contributed by atoms with Crippen LogP contribution in [0.5, 0.6) is 0 Å². The Labute approximate surface area is 138 Å². The Kier molecular flexibility index (Phi) is 5.51. The number of alkyl halides is 1. The molecule has 0 bridgehead atoms. The first-order chi connectivity index (χ1) is 10.8. The second-order valence-electron chi connectivity index (χ2n) is 7.07. The lowest BCUT2D eigenvalue weighted by Gasteiger charge is -2.18. The highest BCUT2D eigenvalue weighted by atomic mass is 19.1. The number of allylic oxidation sites excluding steroid dienone is 2. The Hall–Kier alpha value is -1.76. The van der Waals surface area contributed by atoms with Crippen molar-refractivity contribution in [2.24, 2.45) is 28.7 Å². The number of halogens is 1. The highest BCUT2D eigenvalue weighted by molar-refractivity contribution is 6.05. The van der Waals surface area contributed by atoms with Crippen LogP contribution in [0.4, 0.5) is 4.39 Å². The van der Waals surface area contributed by atoms with Crippen LogP contribution >= 0.6 is 0 Å². The maximum atomic E-state index is 14.5. The molecule has 0 aliphatic heterocycles. The fraction of sp³-hybridized carbons (Fsp3) is 0.632. The predicted molar refractivity (Wildman–Crippen MR) is 92.3 cm³/mol. The van der Waals surface area contributed by atoms with Crippen molar-refractivity contribution < 1.29 is 4.39 Å². The van der Waals surface area contributed by atoms with Crippen LogP contribution in [-0.4, -0.2) is 17.7 Å². The lowest BCUT2D eigenvalue weighted by Crippen LogP contribution is -2.19. The molecule has 0 aromatic carbocycles. The Morgan fingerprint density at radius 3 is 2.78 bits per heavy atom.